The van der Waals surface area contributed by atoms with Crippen molar-refractivity contribution in [2.75, 3.05) is 111 Å². The zero-order chi connectivity index (χ0) is 71.6. The van der Waals surface area contributed by atoms with Gasteiger partial charge in [0.25, 0.3) is 5.91 Å². The van der Waals surface area contributed by atoms with Crippen molar-refractivity contribution >= 4 is 80.7 Å². The van der Waals surface area contributed by atoms with E-state index in [0.29, 0.717) is 56.5 Å². The lowest BCUT2D eigenvalue weighted by Gasteiger charge is -2.32. The number of nitrogens with one attached hydrogen (secondary N) is 8. The van der Waals surface area contributed by atoms with E-state index in [1.165, 1.54) is 32.2 Å². The molecular weight excluding hydrogens is 1290 g/mol. The first kappa shape index (κ1) is 82.1. The molecule has 12 N–H and O–H groups in total. The summed E-state index contributed by atoms with van der Waals surface area (Å²) in [7, 11) is 1.21. The fourth-order valence-electron chi connectivity index (χ4n) is 9.19. The second-order valence-electron chi connectivity index (χ2n) is 21.5. The van der Waals surface area contributed by atoms with Crippen molar-refractivity contribution in [3.05, 3.63) is 81.4 Å². The van der Waals surface area contributed by atoms with Gasteiger partial charge in [0.2, 0.25) is 39.1 Å². The Morgan fingerprint density at radius 1 is 0.758 bits per heavy atom. The smallest absolute Gasteiger partial charge is 0.490 e. The van der Waals surface area contributed by atoms with E-state index in [0.717, 1.165) is 25.2 Å². The number of nitrogens with zero attached hydrogens (tertiary/aromatic N) is 6. The van der Waals surface area contributed by atoms with Crippen molar-refractivity contribution in [2.24, 2.45) is 7.05 Å². The summed E-state index contributed by atoms with van der Waals surface area (Å²) in [5.74, 6) is -5.99. The van der Waals surface area contributed by atoms with E-state index in [1.807, 2.05) is 23.9 Å². The van der Waals surface area contributed by atoms with Gasteiger partial charge in [-0.1, -0.05) is 19.9 Å². The average molecular weight is 1370 g/mol. The number of anilines is 1. The van der Waals surface area contributed by atoms with Gasteiger partial charge in [0.15, 0.2) is 12.2 Å². The molecular formula is C58H83F3N14O19S. The Balaban J connectivity index is 0.00000215. The fourth-order valence-corrected chi connectivity index (χ4v) is 10.8. The van der Waals surface area contributed by atoms with Gasteiger partial charge in [0, 0.05) is 123 Å². The number of aromatic amines is 1. The number of hydrogen-bond acceptors (Lipinski definition) is 23. The Morgan fingerprint density at radius 3 is 1.85 bits per heavy atom. The van der Waals surface area contributed by atoms with Crippen LogP contribution < -0.4 is 46.8 Å². The monoisotopic (exact) mass is 1370 g/mol. The number of carbonyl (C=O) groups excluding carboxylic acids is 9. The molecule has 0 radical (unpaired) electrons. The molecule has 2 aromatic heterocycles. The van der Waals surface area contributed by atoms with Gasteiger partial charge in [0.05, 0.1) is 23.6 Å². The number of carbonyl (C=O) groups is 7. The number of hydrogen-bond donors (Lipinski definition) is 12. The Bertz CT molecular complexity index is 3390. The largest absolute Gasteiger partial charge is 0.494 e. The molecule has 3 atom stereocenters. The van der Waals surface area contributed by atoms with Crippen LogP contribution in [0.2, 0.25) is 0 Å². The quantitative estimate of drug-likeness (QED) is 0.0218. The zero-order valence-corrected chi connectivity index (χ0v) is 54.3. The van der Waals surface area contributed by atoms with Gasteiger partial charge < -0.3 is 76.4 Å². The third kappa shape index (κ3) is 29.9. The number of amides is 5. The highest BCUT2D eigenvalue weighted by Crippen LogP contribution is 2.26. The molecule has 526 valence electrons. The number of benzene rings is 2. The summed E-state index contributed by atoms with van der Waals surface area (Å²) in [5.41, 5.74) is 1.00. The predicted octanol–water partition coefficient (Wildman–Crippen LogP) is -1.91. The number of carboxylic acids is 2. The standard InChI is InChI=1S/C54H82N14O13S.C2HF3O2.2CO2/c1-8-41(62-52(76)42(9-2)61-46(70)33-67-22-20-64(5)18-19-65(6)21-23-68(25-24-67)34-47(71)72)51(75)56-15-14-55-45(69)11-10-26-81-38-27-35(3)49(36(4)28-38)82(79,80)63-43(53(77)78)31-59-50(74)40-32-66(7)44-29-37(12-13-39(44)48(40)73)30-60-54-57-16-17-58-54;3-2(4,5)1(6)7;2*2-1-3/h12-13,16-17,27-29,32,41-43,47,63,71-72H,8-11,14-15,18-26,30-31,33-34H2,1-7H3,(H,55,69)(H,56,75)(H,59,74)(H,61,70)(H,62,76)(H,77,78)(H2,57,58,60);(H,6,7);;/t41-,42-,43?;;;/m0.../s1. The number of carboxylic acid groups (broad SMARTS) is 2. The van der Waals surface area contributed by atoms with Crippen molar-refractivity contribution < 1.29 is 99.5 Å². The zero-order valence-electron chi connectivity index (χ0n) is 53.5. The number of likely N-dealkylation sites (N-methyl/N-ethyl adjacent to an activating group) is 2. The molecule has 0 spiro atoms. The summed E-state index contributed by atoms with van der Waals surface area (Å²) in [6.45, 7) is 11.9. The number of rotatable bonds is 28. The summed E-state index contributed by atoms with van der Waals surface area (Å²) < 4.78 is 68.7. The summed E-state index contributed by atoms with van der Waals surface area (Å²) in [4.78, 5) is 148. The highest BCUT2D eigenvalue weighted by molar-refractivity contribution is 7.89. The highest BCUT2D eigenvalue weighted by atomic mass is 32.2. The van der Waals surface area contributed by atoms with Gasteiger partial charge in [-0.3, -0.25) is 43.4 Å². The Morgan fingerprint density at radius 2 is 1.31 bits per heavy atom. The Labute approximate surface area is 544 Å². The van der Waals surface area contributed by atoms with E-state index in [9.17, 15) is 70.5 Å². The number of aliphatic hydroxyl groups excluding tert-OH is 1. The van der Waals surface area contributed by atoms with Crippen LogP contribution in [0.1, 0.15) is 66.6 Å². The molecule has 1 saturated heterocycles. The number of imidazole rings is 1. The maximum absolute atomic E-state index is 13.7. The molecule has 2 aromatic carbocycles. The molecule has 37 heteroatoms. The summed E-state index contributed by atoms with van der Waals surface area (Å²) >= 11 is 0. The predicted molar refractivity (Wildman–Crippen MR) is 330 cm³/mol. The van der Waals surface area contributed by atoms with E-state index in [-0.39, 0.29) is 110 Å². The van der Waals surface area contributed by atoms with E-state index >= 15 is 0 Å². The lowest BCUT2D eigenvalue weighted by molar-refractivity contribution is -0.193. The number of sulfonamides is 1. The van der Waals surface area contributed by atoms with Crippen LogP contribution in [0.4, 0.5) is 19.1 Å². The molecule has 4 aromatic rings. The number of pyridine rings is 1. The van der Waals surface area contributed by atoms with Crippen LogP contribution >= 0.6 is 0 Å². The molecule has 5 rings (SSSR count). The second-order valence-corrected chi connectivity index (χ2v) is 23.1. The number of alkyl halides is 3. The van der Waals surface area contributed by atoms with Crippen LogP contribution in [-0.2, 0) is 71.6 Å². The van der Waals surface area contributed by atoms with Gasteiger partial charge in [-0.25, -0.2) is 18.2 Å². The first-order valence-electron chi connectivity index (χ1n) is 29.5. The number of β-amino-alcohol motifs (C(OH)–C–C–N with tert-alkyl or cyclic N) is 2. The minimum atomic E-state index is -5.08. The second kappa shape index (κ2) is 41.6. The maximum Gasteiger partial charge on any atom is 0.490 e. The number of aliphatic carboxylic acids is 2. The molecule has 1 aliphatic heterocycles. The SMILES string of the molecule is CC[C@H](NC(=O)CN1CCN(C)CCN(C)CCN(CC(O)O)CC1)C(=O)N[C@@H](CC)C(=O)NCCNC(=O)CCCOc1cc(C)c(S(=O)(=O)NC(CNC(=O)c2cn(C)c3cc(CNc4ncc[nH]4)ccc3c2=O)C(=O)O)c(C)c1.O=C(O)C(F)(F)F.O=C=O.O=C=O. The summed E-state index contributed by atoms with van der Waals surface area (Å²) in [6, 6.07) is 4.42. The molecule has 0 bridgehead atoms. The van der Waals surface area contributed by atoms with Crippen molar-refractivity contribution in [1.82, 2.24) is 65.4 Å². The number of halogens is 3. The first-order chi connectivity index (χ1) is 44.7. The molecule has 0 aliphatic carbocycles. The van der Waals surface area contributed by atoms with Gasteiger partial charge in [0.1, 0.15) is 29.4 Å². The maximum atomic E-state index is 13.7. The Kier molecular flexibility index (Phi) is 36.0. The van der Waals surface area contributed by atoms with Gasteiger partial charge in [-0.05, 0) is 88.2 Å². The molecule has 1 fully saturated rings. The van der Waals surface area contributed by atoms with Crippen LogP contribution in [0, 0.1) is 13.8 Å². The lowest BCUT2D eigenvalue weighted by atomic mass is 10.1. The van der Waals surface area contributed by atoms with Gasteiger partial charge in [-0.2, -0.15) is 37.1 Å². The van der Waals surface area contributed by atoms with Crippen LogP contribution in [0.5, 0.6) is 5.75 Å². The van der Waals surface area contributed by atoms with Crippen molar-refractivity contribution in [2.45, 2.75) is 95.4 Å². The van der Waals surface area contributed by atoms with Crippen molar-refractivity contribution in [3.63, 3.8) is 0 Å². The van der Waals surface area contributed by atoms with Gasteiger partial charge >= 0.3 is 30.4 Å². The fraction of sp³-hybridized carbons (Fsp3) is 0.534. The van der Waals surface area contributed by atoms with E-state index in [2.05, 4.69) is 56.4 Å². The molecule has 33 nitrogen and oxygen atoms in total. The normalized spacial score (nSPS) is 14.5. The number of ether oxygens (including phenoxy) is 1. The molecule has 1 aliphatic rings. The molecule has 95 heavy (non-hydrogen) atoms. The number of aliphatic hydroxyl groups is 2. The van der Waals surface area contributed by atoms with Crippen molar-refractivity contribution in [1.29, 1.82) is 0 Å². The van der Waals surface area contributed by atoms with E-state index < -0.39 is 82.2 Å². The van der Waals surface area contributed by atoms with Crippen LogP contribution in [-0.4, -0.2) is 253 Å². The minimum absolute atomic E-state index is 0.0214. The van der Waals surface area contributed by atoms with Crippen LogP contribution in [0.25, 0.3) is 10.9 Å². The van der Waals surface area contributed by atoms with Crippen LogP contribution in [0.15, 0.2) is 58.6 Å². The number of aryl methyl sites for hydroxylation is 3. The van der Waals surface area contributed by atoms with Gasteiger partial charge in [-0.15, -0.1) is 0 Å². The minimum Gasteiger partial charge on any atom is -0.494 e. The van der Waals surface area contributed by atoms with E-state index in [4.69, 9.17) is 33.8 Å². The van der Waals surface area contributed by atoms with Crippen LogP contribution in [0.3, 0.4) is 0 Å². The Hall–Kier alpha value is -9.03. The molecule has 5 amide bonds. The highest BCUT2D eigenvalue weighted by Gasteiger charge is 2.38. The third-order valence-electron chi connectivity index (χ3n) is 14.1. The summed E-state index contributed by atoms with van der Waals surface area (Å²) in [6.07, 6.45) is -0.580. The van der Waals surface area contributed by atoms with E-state index in [1.54, 1.807) is 56.1 Å². The topological polar surface area (TPSA) is 460 Å². The average Bonchev–Trinajstić information content (AvgIpc) is 1.01. The molecule has 0 saturated carbocycles. The molecule has 3 heterocycles. The number of aromatic nitrogens is 3. The first-order valence-corrected chi connectivity index (χ1v) is 31.0. The summed E-state index contributed by atoms with van der Waals surface area (Å²) in [5, 5.41) is 53.2. The third-order valence-corrected chi connectivity index (χ3v) is 15.9. The van der Waals surface area contributed by atoms with Crippen molar-refractivity contribution in [3.8, 4) is 5.75 Å². The number of H-pyrrole nitrogens is 1. The number of fused-ring (bicyclic) bond motifs is 1. The lowest BCUT2D eigenvalue weighted by Crippen LogP contribution is -2.55. The molecule has 1 unspecified atom stereocenters.